The molecule has 0 heterocycles. The van der Waals surface area contributed by atoms with Crippen LogP contribution in [0.3, 0.4) is 0 Å². The normalized spacial score (nSPS) is 5.14. The second kappa shape index (κ2) is 22.6. The van der Waals surface area contributed by atoms with Crippen molar-refractivity contribution in [1.29, 1.82) is 0 Å². The lowest BCUT2D eigenvalue weighted by molar-refractivity contribution is 0.328. The Balaban J connectivity index is -0.0000000270. The zero-order chi connectivity index (χ0) is 10.7. The van der Waals surface area contributed by atoms with Gasteiger partial charge in [0, 0.05) is 0 Å². The summed E-state index contributed by atoms with van der Waals surface area (Å²) in [6.07, 6.45) is 0. The van der Waals surface area contributed by atoms with Crippen molar-refractivity contribution < 1.29 is 47.6 Å². The van der Waals surface area contributed by atoms with Crippen molar-refractivity contribution in [1.82, 2.24) is 0 Å². The van der Waals surface area contributed by atoms with Gasteiger partial charge in [0.1, 0.15) is 0 Å². The van der Waals surface area contributed by atoms with E-state index in [1.807, 2.05) is 0 Å². The summed E-state index contributed by atoms with van der Waals surface area (Å²) in [6, 6.07) is 0. The third kappa shape index (κ3) is 839. The van der Waals surface area contributed by atoms with E-state index in [1.54, 1.807) is 0 Å². The third-order valence-corrected chi connectivity index (χ3v) is 0. The average Bonchev–Trinajstić information content (AvgIpc) is 1.54. The van der Waals surface area contributed by atoms with Crippen LogP contribution in [0.4, 0.5) is 0 Å². The maximum absolute atomic E-state index is 8.74. The van der Waals surface area contributed by atoms with Gasteiger partial charge in [-0.1, -0.05) is 0 Å². The van der Waals surface area contributed by atoms with Crippen LogP contribution < -0.4 is 0 Å². The molecular formula is H11BO10Si3. The van der Waals surface area contributed by atoms with Crippen LogP contribution in [0, 0.1) is 0 Å². The fraction of sp³-hybridized carbons (Fsp3) is 0. The van der Waals surface area contributed by atoms with Gasteiger partial charge < -0.3 is 34.3 Å². The van der Waals surface area contributed by atoms with Crippen molar-refractivity contribution in [2.24, 2.45) is 0 Å². The SMILES string of the molecule is B.O.O=[Si](O)O.O=[Si](O)O.O=[Si](O)O. The maximum atomic E-state index is 8.74. The maximum Gasteiger partial charge on any atom is 0.761 e. The molecule has 0 aromatic rings. The highest BCUT2D eigenvalue weighted by Crippen LogP contribution is 1.27. The summed E-state index contributed by atoms with van der Waals surface area (Å²) in [6.45, 7) is 0. The molecule has 10 nitrogen and oxygen atoms in total. The number of hydrogen-bond acceptors (Lipinski definition) is 3. The molecule has 0 bridgehead atoms. The first-order valence-electron chi connectivity index (χ1n) is 1.95. The lowest BCUT2D eigenvalue weighted by Crippen LogP contribution is -1.90. The van der Waals surface area contributed by atoms with Crippen LogP contribution in [-0.4, -0.2) is 70.2 Å². The van der Waals surface area contributed by atoms with Crippen molar-refractivity contribution in [2.45, 2.75) is 0 Å². The Morgan fingerprint density at radius 1 is 0.571 bits per heavy atom. The first kappa shape index (κ1) is 29.3. The molecule has 14 heavy (non-hydrogen) atoms. The van der Waals surface area contributed by atoms with E-state index in [0.29, 0.717) is 0 Å². The summed E-state index contributed by atoms with van der Waals surface area (Å²) in [7, 11) is -9.39. The molecule has 0 aliphatic heterocycles. The predicted molar refractivity (Wildman–Crippen MR) is 46.2 cm³/mol. The van der Waals surface area contributed by atoms with Gasteiger partial charge in [-0.15, -0.1) is 0 Å². The van der Waals surface area contributed by atoms with Crippen LogP contribution in [0.2, 0.25) is 0 Å². The van der Waals surface area contributed by atoms with Crippen molar-refractivity contribution in [3.8, 4) is 0 Å². The van der Waals surface area contributed by atoms with Gasteiger partial charge in [-0.05, 0) is 0 Å². The van der Waals surface area contributed by atoms with Gasteiger partial charge in [-0.2, -0.15) is 0 Å². The van der Waals surface area contributed by atoms with Crippen LogP contribution in [0.1, 0.15) is 0 Å². The number of hydrogen-bond donors (Lipinski definition) is 6. The fourth-order valence-electron chi connectivity index (χ4n) is 0. The Morgan fingerprint density at radius 3 is 0.571 bits per heavy atom. The molecule has 0 radical (unpaired) electrons. The zero-order valence-electron chi connectivity index (χ0n) is 5.91. The summed E-state index contributed by atoms with van der Waals surface area (Å²) in [4.78, 5) is 42.9. The van der Waals surface area contributed by atoms with Crippen LogP contribution in [0.5, 0.6) is 0 Å². The monoisotopic (exact) mass is 266 g/mol. The summed E-state index contributed by atoms with van der Waals surface area (Å²) in [5.74, 6) is 0. The first-order valence-corrected chi connectivity index (χ1v) is 5.86. The lowest BCUT2D eigenvalue weighted by Gasteiger charge is -1.55. The van der Waals surface area contributed by atoms with Crippen LogP contribution >= 0.6 is 0 Å². The van der Waals surface area contributed by atoms with Gasteiger partial charge in [-0.25, -0.2) is 0 Å². The van der Waals surface area contributed by atoms with Gasteiger partial charge in [0.05, 0.1) is 8.41 Å². The molecule has 0 spiro atoms. The first-order chi connectivity index (χ1) is 5.20. The Morgan fingerprint density at radius 2 is 0.571 bits per heavy atom. The highest BCUT2D eigenvalue weighted by atomic mass is 28.3. The van der Waals surface area contributed by atoms with Crippen molar-refractivity contribution in [2.75, 3.05) is 0 Å². The minimum absolute atomic E-state index is 0. The Bertz CT molecular complexity index is 113. The summed E-state index contributed by atoms with van der Waals surface area (Å²) in [5, 5.41) is 0. The Kier molecular flexibility index (Phi) is 47.4. The smallest absolute Gasteiger partial charge is 0.511 e. The van der Waals surface area contributed by atoms with E-state index in [0.717, 1.165) is 0 Å². The third-order valence-electron chi connectivity index (χ3n) is 0. The Hall–Kier alpha value is -1.12. The van der Waals surface area contributed by atoms with Crippen molar-refractivity contribution in [3.05, 3.63) is 0 Å². The highest BCUT2D eigenvalue weighted by Gasteiger charge is 1.85. The van der Waals surface area contributed by atoms with E-state index in [2.05, 4.69) is 0 Å². The van der Waals surface area contributed by atoms with E-state index in [-0.39, 0.29) is 13.9 Å². The minimum atomic E-state index is -3.13. The van der Waals surface area contributed by atoms with Gasteiger partial charge in [0.25, 0.3) is 0 Å². The van der Waals surface area contributed by atoms with E-state index in [1.165, 1.54) is 0 Å². The lowest BCUT2D eigenvalue weighted by atomic mass is 10.8. The van der Waals surface area contributed by atoms with Gasteiger partial charge in [0.15, 0.2) is 0 Å². The number of rotatable bonds is 0. The molecule has 0 aliphatic rings. The van der Waals surface area contributed by atoms with Crippen LogP contribution in [-0.2, 0) is 13.4 Å². The molecule has 0 saturated carbocycles. The second-order valence-corrected chi connectivity index (χ2v) is 2.54. The van der Waals surface area contributed by atoms with Gasteiger partial charge >= 0.3 is 27.5 Å². The van der Waals surface area contributed by atoms with Crippen LogP contribution in [0.25, 0.3) is 0 Å². The fourth-order valence-corrected chi connectivity index (χ4v) is 0. The molecule has 0 rings (SSSR count). The molecular weight excluding hydrogens is 255 g/mol. The van der Waals surface area contributed by atoms with Gasteiger partial charge in [-0.3, -0.25) is 13.4 Å². The molecule has 0 saturated heterocycles. The second-order valence-electron chi connectivity index (χ2n) is 0.848. The average molecular weight is 266 g/mol. The van der Waals surface area contributed by atoms with E-state index < -0.39 is 27.5 Å². The van der Waals surface area contributed by atoms with E-state index >= 15 is 0 Å². The molecule has 0 amide bonds. The summed E-state index contributed by atoms with van der Waals surface area (Å²) < 4.78 is 26.2. The molecule has 0 aliphatic carbocycles. The Labute approximate surface area is 84.3 Å². The molecule has 8 N–H and O–H groups in total. The minimum Gasteiger partial charge on any atom is -0.511 e. The molecule has 0 aromatic heterocycles. The molecule has 0 aromatic carbocycles. The van der Waals surface area contributed by atoms with Gasteiger partial charge in [0.2, 0.25) is 0 Å². The zero-order valence-corrected chi connectivity index (χ0v) is 8.91. The van der Waals surface area contributed by atoms with Crippen molar-refractivity contribution >= 4 is 35.9 Å². The molecule has 0 atom stereocenters. The van der Waals surface area contributed by atoms with Crippen LogP contribution in [0.15, 0.2) is 0 Å². The molecule has 0 unspecified atom stereocenters. The van der Waals surface area contributed by atoms with E-state index in [4.69, 9.17) is 42.2 Å². The molecule has 0 fully saturated rings. The molecule has 86 valence electrons. The predicted octanol–water partition coefficient (Wildman–Crippen LogP) is -6.85. The largest absolute Gasteiger partial charge is 0.761 e. The summed E-state index contributed by atoms with van der Waals surface area (Å²) in [5.41, 5.74) is 0. The van der Waals surface area contributed by atoms with Crippen molar-refractivity contribution in [3.63, 3.8) is 0 Å². The standard InChI is InChI=1S/BH3.3H2O3Si.H2O/c;3*1-4(2)3;/h1H3;3*1-2H;1H2. The van der Waals surface area contributed by atoms with E-state index in [9.17, 15) is 0 Å². The molecule has 14 heteroatoms. The topological polar surface area (TPSA) is 204 Å². The highest BCUT2D eigenvalue weighted by molar-refractivity contribution is 6.22. The quantitative estimate of drug-likeness (QED) is 0.230. The summed E-state index contributed by atoms with van der Waals surface area (Å²) >= 11 is 0.